The van der Waals surface area contributed by atoms with E-state index in [9.17, 15) is 29.5 Å². The van der Waals surface area contributed by atoms with Crippen molar-refractivity contribution in [2.24, 2.45) is 28.1 Å². The number of oxazole rings is 1. The quantitative estimate of drug-likeness (QED) is 0.0852. The number of amides is 1. The first kappa shape index (κ1) is 54.8. The molecule has 2 saturated carbocycles. The van der Waals surface area contributed by atoms with Crippen LogP contribution in [0.2, 0.25) is 5.02 Å². The van der Waals surface area contributed by atoms with Gasteiger partial charge in [-0.3, -0.25) is 24.1 Å². The minimum Gasteiger partial charge on any atom is -0.489 e. The topological polar surface area (TPSA) is 175 Å². The minimum absolute atomic E-state index is 0.0213. The van der Waals surface area contributed by atoms with Crippen molar-refractivity contribution >= 4 is 40.5 Å². The lowest BCUT2D eigenvalue weighted by Crippen LogP contribution is -2.66. The average Bonchev–Trinajstić information content (AvgIpc) is 3.96. The number of nitriles is 1. The second-order valence-corrected chi connectivity index (χ2v) is 24.2. The highest BCUT2D eigenvalue weighted by molar-refractivity contribution is 6.31. The van der Waals surface area contributed by atoms with Crippen LogP contribution in [0.3, 0.4) is 0 Å². The Hall–Kier alpha value is -5.46. The number of ketones is 3. The number of carbonyl (C=O) groups excluding carboxylic acids is 4. The summed E-state index contributed by atoms with van der Waals surface area (Å²) >= 11 is 6.26. The molecule has 0 spiro atoms. The van der Waals surface area contributed by atoms with Crippen molar-refractivity contribution in [1.82, 2.24) is 14.8 Å². The van der Waals surface area contributed by atoms with Gasteiger partial charge in [-0.1, -0.05) is 91.3 Å². The molecule has 0 radical (unpaired) electrons. The lowest BCUT2D eigenvalue weighted by molar-refractivity contribution is -0.196. The number of anilines is 1. The van der Waals surface area contributed by atoms with Gasteiger partial charge in [-0.05, 0) is 85.8 Å². The van der Waals surface area contributed by atoms with Gasteiger partial charge in [-0.15, -0.1) is 0 Å². The number of nitrogens with zero attached hydrogens (tertiary/aromatic N) is 4. The molecule has 2 aliphatic heterocycles. The summed E-state index contributed by atoms with van der Waals surface area (Å²) in [6.07, 6.45) is 4.12. The number of hydrogen-bond donors (Lipinski definition) is 2. The molecule has 2 N–H and O–H groups in total. The fraction of sp³-hybridized carbons (Fsp3) is 0.559. The highest BCUT2D eigenvalue weighted by Crippen LogP contribution is 2.62. The van der Waals surface area contributed by atoms with Crippen LogP contribution in [0.5, 0.6) is 5.75 Å². The smallest absolute Gasteiger partial charge is 0.227 e. The summed E-state index contributed by atoms with van der Waals surface area (Å²) in [6.45, 7) is 19.7. The Labute approximate surface area is 440 Å². The van der Waals surface area contributed by atoms with Crippen LogP contribution in [-0.4, -0.2) is 106 Å². The summed E-state index contributed by atoms with van der Waals surface area (Å²) in [4.78, 5) is 63.3. The molecule has 13 nitrogen and oxygen atoms in total. The van der Waals surface area contributed by atoms with E-state index >= 15 is 4.39 Å². The van der Waals surface area contributed by atoms with Crippen LogP contribution in [0.4, 0.5) is 10.1 Å². The normalized spacial score (nSPS) is 24.5. The Morgan fingerprint density at radius 3 is 2.27 bits per heavy atom. The van der Waals surface area contributed by atoms with Crippen LogP contribution in [0.25, 0.3) is 11.3 Å². The number of aliphatic hydroxyl groups excluding tert-OH is 1. The van der Waals surface area contributed by atoms with Crippen LogP contribution < -0.4 is 10.1 Å². The molecule has 3 heterocycles. The molecule has 1 aromatic heterocycles. The number of aromatic nitrogens is 1. The molecule has 74 heavy (non-hydrogen) atoms. The second-order valence-electron chi connectivity index (χ2n) is 23.8. The maximum Gasteiger partial charge on any atom is 0.227 e. The summed E-state index contributed by atoms with van der Waals surface area (Å²) in [5, 5.41) is 23.6. The molecule has 0 bridgehead atoms. The second kappa shape index (κ2) is 22.0. The van der Waals surface area contributed by atoms with Gasteiger partial charge in [0.25, 0.3) is 0 Å². The summed E-state index contributed by atoms with van der Waals surface area (Å²) < 4.78 is 33.9. The zero-order valence-electron chi connectivity index (χ0n) is 44.4. The van der Waals surface area contributed by atoms with Gasteiger partial charge >= 0.3 is 0 Å². The molecule has 4 aliphatic rings. The molecular formula is C59H73ClFN5O8. The summed E-state index contributed by atoms with van der Waals surface area (Å²) in [5.41, 5.74) is 2.46. The molecule has 0 unspecified atom stereocenters. The van der Waals surface area contributed by atoms with Crippen molar-refractivity contribution < 1.29 is 42.6 Å². The van der Waals surface area contributed by atoms with E-state index in [1.807, 2.05) is 58.9 Å². The highest BCUT2D eigenvalue weighted by atomic mass is 35.5. The summed E-state index contributed by atoms with van der Waals surface area (Å²) in [5.74, 6) is -0.529. The molecule has 2 saturated heterocycles. The zero-order chi connectivity index (χ0) is 53.4. The van der Waals surface area contributed by atoms with E-state index in [0.717, 1.165) is 42.5 Å². The molecule has 4 aromatic rings. The van der Waals surface area contributed by atoms with Gasteiger partial charge in [0.05, 0.1) is 52.9 Å². The lowest BCUT2D eigenvalue weighted by atomic mass is 9.44. The van der Waals surface area contributed by atoms with Gasteiger partial charge in [0.2, 0.25) is 5.91 Å². The molecular weight excluding hydrogens is 961 g/mol. The molecule has 15 heteroatoms. The third kappa shape index (κ3) is 12.0. The third-order valence-electron chi connectivity index (χ3n) is 16.6. The molecule has 1 amide bonds. The maximum atomic E-state index is 15.5. The van der Waals surface area contributed by atoms with Crippen molar-refractivity contribution in [3.63, 3.8) is 0 Å². The first-order valence-corrected chi connectivity index (χ1v) is 26.7. The number of Topliss-reactive ketones (excluding diaryl/α,β-unsaturated/α-hetero) is 3. The van der Waals surface area contributed by atoms with Gasteiger partial charge in [0.1, 0.15) is 29.5 Å². The number of carbonyl (C=O) groups is 4. The number of benzene rings is 3. The van der Waals surface area contributed by atoms with Gasteiger partial charge in [-0.25, -0.2) is 9.37 Å². The van der Waals surface area contributed by atoms with E-state index in [-0.39, 0.29) is 109 Å². The van der Waals surface area contributed by atoms with Gasteiger partial charge in [-0.2, -0.15) is 5.26 Å². The summed E-state index contributed by atoms with van der Waals surface area (Å²) in [6, 6.07) is 18.9. The Kier molecular flexibility index (Phi) is 16.3. The predicted octanol–water partition coefficient (Wildman–Crippen LogP) is 10.8. The number of halogens is 2. The highest BCUT2D eigenvalue weighted by Gasteiger charge is 2.63. The van der Waals surface area contributed by atoms with Gasteiger partial charge < -0.3 is 29.2 Å². The van der Waals surface area contributed by atoms with Crippen LogP contribution in [0, 0.1) is 52.2 Å². The van der Waals surface area contributed by atoms with E-state index < -0.39 is 29.3 Å². The van der Waals surface area contributed by atoms with Crippen molar-refractivity contribution in [3.8, 4) is 23.1 Å². The van der Waals surface area contributed by atoms with E-state index in [0.29, 0.717) is 46.4 Å². The van der Waals surface area contributed by atoms with E-state index in [1.165, 1.54) is 17.4 Å². The average molecular weight is 1030 g/mol. The predicted molar refractivity (Wildman–Crippen MR) is 281 cm³/mol. The molecule has 4 atom stereocenters. The number of β-amino-alcohol motifs (C(OH)–C–C–N with tert-alkyl or cyclic N) is 1. The Morgan fingerprint density at radius 1 is 0.973 bits per heavy atom. The first-order chi connectivity index (χ1) is 34.9. The maximum absolute atomic E-state index is 15.5. The largest absolute Gasteiger partial charge is 0.489 e. The first-order valence-electron chi connectivity index (χ1n) is 26.3. The van der Waals surface area contributed by atoms with E-state index in [2.05, 4.69) is 49.0 Å². The Morgan fingerprint density at radius 2 is 1.66 bits per heavy atom. The fourth-order valence-corrected chi connectivity index (χ4v) is 12.6. The number of aliphatic hydroxyl groups is 1. The molecule has 4 fully saturated rings. The number of rotatable bonds is 19. The number of piperidine rings is 1. The number of aryl methyl sites for hydroxylation is 1. The van der Waals surface area contributed by atoms with Crippen LogP contribution in [0.1, 0.15) is 140 Å². The van der Waals surface area contributed by atoms with E-state index in [1.54, 1.807) is 30.3 Å². The SMILES string of the molecule is Cc1ncoc1-c1ccc([C@H](C)CC(=O)[C@@H]2C[C@@H](O)CN2C(=O)[C@@H](CC(=O)CN2CCC(OC3CC(Nc4ccc(C(=O)CC5C(C)(C)C(Oc6ccc(C#N)c(Cl)c6)C5(C)C)cc4F)C3)CC2)C(C)(C)C)cc1. The van der Waals surface area contributed by atoms with Gasteiger partial charge in [0, 0.05) is 85.3 Å². The third-order valence-corrected chi connectivity index (χ3v) is 16.9. The molecule has 396 valence electrons. The number of likely N-dealkylation sites (tertiary alicyclic amines) is 2. The van der Waals surface area contributed by atoms with Crippen LogP contribution in [0.15, 0.2) is 71.5 Å². The van der Waals surface area contributed by atoms with Crippen LogP contribution >= 0.6 is 11.6 Å². The zero-order valence-corrected chi connectivity index (χ0v) is 45.1. The number of hydrogen-bond acceptors (Lipinski definition) is 12. The Bertz CT molecular complexity index is 2730. The van der Waals surface area contributed by atoms with Gasteiger partial charge in [0.15, 0.2) is 23.7 Å². The summed E-state index contributed by atoms with van der Waals surface area (Å²) in [7, 11) is 0. The van der Waals surface area contributed by atoms with Crippen molar-refractivity contribution in [2.75, 3.05) is 31.5 Å². The minimum atomic E-state index is -0.820. The monoisotopic (exact) mass is 1030 g/mol. The standard InChI is InChI=1S/C59H73ClFN5O8/c1-34(36-10-12-37(13-11-36)54-35(2)63-33-72-54)22-52(70)50-27-42(68)32-66(50)55(71)46(57(3,4)5)26-41(67)31-65-20-18-43(19-21-65)73-45-24-40(25-45)64-49-17-15-38(23-48(49)61)51(69)29-53-58(6,7)56(59(53,8)9)74-44-16-14-39(30-62)47(60)28-44/h10-17,23,28,33-34,40,42-43,45-46,50,53,56,64,68H,18-22,24-27,29,31-32H2,1-9H3/t34-,40?,42-,45?,46-,50+,53?,56?/m1/s1. The van der Waals surface area contributed by atoms with Crippen LogP contribution in [-0.2, 0) is 19.1 Å². The van der Waals surface area contributed by atoms with Crippen molar-refractivity contribution in [3.05, 3.63) is 100 Å². The number of nitrogens with one attached hydrogen (secondary N) is 1. The lowest BCUT2D eigenvalue weighted by Gasteiger charge is -2.63. The molecule has 3 aromatic carbocycles. The van der Waals surface area contributed by atoms with E-state index in [4.69, 9.17) is 25.5 Å². The fourth-order valence-electron chi connectivity index (χ4n) is 12.4. The molecule has 2 aliphatic carbocycles. The van der Waals surface area contributed by atoms with Crippen molar-refractivity contribution in [1.29, 1.82) is 5.26 Å². The Balaban J connectivity index is 0.755. The molecule has 8 rings (SSSR count). The van der Waals surface area contributed by atoms with Crippen molar-refractivity contribution in [2.45, 2.75) is 156 Å². The number of ether oxygens (including phenoxy) is 2.